The minimum absolute atomic E-state index is 0.554. The van der Waals surface area contributed by atoms with Crippen LogP contribution < -0.4 is 9.47 Å². The maximum atomic E-state index is 6.35. The zero-order valence-electron chi connectivity index (χ0n) is 15.3. The third kappa shape index (κ3) is 3.54. The molecule has 0 atom stereocenters. The molecule has 0 fully saturated rings. The maximum Gasteiger partial charge on any atom is 0.153 e. The van der Waals surface area contributed by atoms with E-state index in [1.54, 1.807) is 25.6 Å². The molecule has 4 heteroatoms. The van der Waals surface area contributed by atoms with Crippen molar-refractivity contribution in [3.8, 4) is 27.7 Å². The van der Waals surface area contributed by atoms with Crippen molar-refractivity contribution in [2.45, 2.75) is 6.61 Å². The highest BCUT2D eigenvalue weighted by Crippen LogP contribution is 2.48. The van der Waals surface area contributed by atoms with E-state index in [-0.39, 0.29) is 0 Å². The summed E-state index contributed by atoms with van der Waals surface area (Å²) in [6.07, 6.45) is 0. The second-order valence-electron chi connectivity index (χ2n) is 6.13. The molecule has 0 saturated carbocycles. The highest BCUT2D eigenvalue weighted by molar-refractivity contribution is 7.22. The Morgan fingerprint density at radius 2 is 1.59 bits per heavy atom. The van der Waals surface area contributed by atoms with Crippen LogP contribution in [0.1, 0.15) is 5.56 Å². The van der Waals surface area contributed by atoms with Gasteiger partial charge in [-0.05, 0) is 35.9 Å². The van der Waals surface area contributed by atoms with Crippen LogP contribution in [-0.2, 0) is 11.3 Å². The number of benzene rings is 3. The average Bonchev–Trinajstić information content (AvgIpc) is 3.07. The first-order chi connectivity index (χ1) is 13.3. The van der Waals surface area contributed by atoms with Gasteiger partial charge in [0, 0.05) is 22.8 Å². The van der Waals surface area contributed by atoms with Crippen molar-refractivity contribution in [3.63, 3.8) is 0 Å². The molecule has 3 nitrogen and oxygen atoms in total. The molecule has 0 aliphatic rings. The van der Waals surface area contributed by atoms with Gasteiger partial charge in [-0.1, -0.05) is 42.5 Å². The number of hydrogen-bond acceptors (Lipinski definition) is 4. The summed E-state index contributed by atoms with van der Waals surface area (Å²) in [4.78, 5) is 1.09. The lowest BCUT2D eigenvalue weighted by atomic mass is 10.1. The minimum atomic E-state index is 0.554. The Bertz CT molecular complexity index is 1050. The third-order valence-corrected chi connectivity index (χ3v) is 5.54. The van der Waals surface area contributed by atoms with Crippen LogP contribution in [0.5, 0.6) is 17.2 Å². The molecule has 0 saturated heterocycles. The van der Waals surface area contributed by atoms with Gasteiger partial charge in [0.1, 0.15) is 11.5 Å². The Balaban J connectivity index is 1.92. The molecule has 0 radical (unpaired) electrons. The van der Waals surface area contributed by atoms with E-state index in [2.05, 4.69) is 24.3 Å². The van der Waals surface area contributed by atoms with E-state index >= 15 is 0 Å². The van der Waals surface area contributed by atoms with Crippen molar-refractivity contribution < 1.29 is 14.2 Å². The van der Waals surface area contributed by atoms with E-state index in [1.165, 1.54) is 0 Å². The zero-order chi connectivity index (χ0) is 18.6. The molecule has 1 heterocycles. The van der Waals surface area contributed by atoms with Gasteiger partial charge in [0.2, 0.25) is 0 Å². The Labute approximate surface area is 162 Å². The summed E-state index contributed by atoms with van der Waals surface area (Å²) >= 11 is 1.71. The van der Waals surface area contributed by atoms with Gasteiger partial charge in [-0.15, -0.1) is 11.3 Å². The van der Waals surface area contributed by atoms with Crippen LogP contribution in [0.3, 0.4) is 0 Å². The third-order valence-electron chi connectivity index (χ3n) is 4.38. The number of fused-ring (bicyclic) bond motifs is 1. The summed E-state index contributed by atoms with van der Waals surface area (Å²) in [5.41, 5.74) is 2.27. The second kappa shape index (κ2) is 7.82. The van der Waals surface area contributed by atoms with Gasteiger partial charge in [0.05, 0.1) is 18.6 Å². The van der Waals surface area contributed by atoms with E-state index in [0.717, 1.165) is 43.3 Å². The van der Waals surface area contributed by atoms with Gasteiger partial charge in [0.25, 0.3) is 0 Å². The molecule has 0 spiro atoms. The molecule has 4 aromatic rings. The van der Waals surface area contributed by atoms with Crippen LogP contribution in [0.4, 0.5) is 0 Å². The smallest absolute Gasteiger partial charge is 0.153 e. The van der Waals surface area contributed by atoms with Gasteiger partial charge in [-0.3, -0.25) is 0 Å². The van der Waals surface area contributed by atoms with Crippen LogP contribution in [-0.4, -0.2) is 14.2 Å². The Kier molecular flexibility index (Phi) is 5.10. The zero-order valence-corrected chi connectivity index (χ0v) is 16.1. The minimum Gasteiger partial charge on any atom is -0.497 e. The van der Waals surface area contributed by atoms with Gasteiger partial charge in [-0.25, -0.2) is 0 Å². The largest absolute Gasteiger partial charge is 0.497 e. The normalized spacial score (nSPS) is 10.9. The van der Waals surface area contributed by atoms with Gasteiger partial charge in [-0.2, -0.15) is 0 Å². The highest BCUT2D eigenvalue weighted by atomic mass is 32.1. The van der Waals surface area contributed by atoms with E-state index < -0.39 is 0 Å². The summed E-state index contributed by atoms with van der Waals surface area (Å²) in [7, 11) is 3.40. The average molecular weight is 376 g/mol. The van der Waals surface area contributed by atoms with Gasteiger partial charge in [0.15, 0.2) is 5.75 Å². The lowest BCUT2D eigenvalue weighted by molar-refractivity contribution is 0.185. The molecule has 0 amide bonds. The number of hydrogen-bond donors (Lipinski definition) is 0. The molecule has 0 N–H and O–H groups in total. The van der Waals surface area contributed by atoms with Crippen LogP contribution in [0, 0.1) is 0 Å². The van der Waals surface area contributed by atoms with E-state index in [0.29, 0.717) is 6.61 Å². The summed E-state index contributed by atoms with van der Waals surface area (Å²) in [6.45, 7) is 0.554. The molecular formula is C23H20O3S. The molecule has 0 aliphatic carbocycles. The van der Waals surface area contributed by atoms with E-state index in [4.69, 9.17) is 14.2 Å². The SMILES string of the molecule is COCc1ccccc1-c1sc2cc(OC)ccc2c1Oc1ccccc1. The fraction of sp³-hybridized carbons (Fsp3) is 0.130. The first-order valence-electron chi connectivity index (χ1n) is 8.71. The molecule has 136 valence electrons. The number of thiophene rings is 1. The van der Waals surface area contributed by atoms with Crippen LogP contribution in [0.15, 0.2) is 72.8 Å². The van der Waals surface area contributed by atoms with E-state index in [1.807, 2.05) is 48.5 Å². The monoisotopic (exact) mass is 376 g/mol. The first-order valence-corrected chi connectivity index (χ1v) is 9.52. The molecule has 0 unspecified atom stereocenters. The van der Waals surface area contributed by atoms with Crippen molar-refractivity contribution in [1.82, 2.24) is 0 Å². The van der Waals surface area contributed by atoms with Gasteiger partial charge >= 0.3 is 0 Å². The summed E-state index contributed by atoms with van der Waals surface area (Å²) in [5.74, 6) is 2.53. The molecule has 3 aromatic carbocycles. The number of rotatable bonds is 6. The molecule has 27 heavy (non-hydrogen) atoms. The summed E-state index contributed by atoms with van der Waals surface area (Å²) in [5, 5.41) is 1.08. The topological polar surface area (TPSA) is 27.7 Å². The van der Waals surface area contributed by atoms with Crippen molar-refractivity contribution in [1.29, 1.82) is 0 Å². The van der Waals surface area contributed by atoms with Crippen LogP contribution in [0.2, 0.25) is 0 Å². The molecule has 1 aromatic heterocycles. The molecule has 4 rings (SSSR count). The summed E-state index contributed by atoms with van der Waals surface area (Å²) in [6, 6.07) is 24.3. The van der Waals surface area contributed by atoms with Crippen molar-refractivity contribution in [2.24, 2.45) is 0 Å². The van der Waals surface area contributed by atoms with Crippen LogP contribution in [0.25, 0.3) is 20.5 Å². The predicted molar refractivity (Wildman–Crippen MR) is 111 cm³/mol. The van der Waals surface area contributed by atoms with Gasteiger partial charge < -0.3 is 14.2 Å². The first kappa shape index (κ1) is 17.6. The highest BCUT2D eigenvalue weighted by Gasteiger charge is 2.19. The Hall–Kier alpha value is -2.82. The number of ether oxygens (including phenoxy) is 3. The fourth-order valence-electron chi connectivity index (χ4n) is 3.09. The molecular weight excluding hydrogens is 356 g/mol. The molecule has 0 aliphatic heterocycles. The van der Waals surface area contributed by atoms with E-state index in [9.17, 15) is 0 Å². The fourth-order valence-corrected chi connectivity index (χ4v) is 4.31. The number of methoxy groups -OCH3 is 2. The predicted octanol–water partition coefficient (Wildman–Crippen LogP) is 6.52. The quantitative estimate of drug-likeness (QED) is 0.384. The standard InChI is InChI=1S/C23H20O3S/c1-24-15-16-8-6-7-11-19(16)23-22(26-17-9-4-3-5-10-17)20-13-12-18(25-2)14-21(20)27-23/h3-14H,15H2,1-2H3. The maximum absolute atomic E-state index is 6.35. The molecule has 0 bridgehead atoms. The lowest BCUT2D eigenvalue weighted by Crippen LogP contribution is -1.92. The van der Waals surface area contributed by atoms with Crippen molar-refractivity contribution >= 4 is 21.4 Å². The second-order valence-corrected chi connectivity index (χ2v) is 7.18. The van der Waals surface area contributed by atoms with Crippen molar-refractivity contribution in [2.75, 3.05) is 14.2 Å². The Morgan fingerprint density at radius 1 is 0.815 bits per heavy atom. The lowest BCUT2D eigenvalue weighted by Gasteiger charge is -2.11. The summed E-state index contributed by atoms with van der Waals surface area (Å²) < 4.78 is 18.3. The van der Waals surface area contributed by atoms with Crippen LogP contribution >= 0.6 is 11.3 Å². The Morgan fingerprint density at radius 3 is 2.37 bits per heavy atom. The van der Waals surface area contributed by atoms with Crippen molar-refractivity contribution in [3.05, 3.63) is 78.4 Å². The number of para-hydroxylation sites is 1.